The van der Waals surface area contributed by atoms with Gasteiger partial charge in [-0.05, 0) is 22.3 Å². The first-order chi connectivity index (χ1) is 10.6. The summed E-state index contributed by atoms with van der Waals surface area (Å²) < 4.78 is 78.9. The lowest BCUT2D eigenvalue weighted by molar-refractivity contribution is -0.173. The van der Waals surface area contributed by atoms with Gasteiger partial charge in [0.2, 0.25) is 0 Å². The van der Waals surface area contributed by atoms with Crippen LogP contribution in [0.1, 0.15) is 24.0 Å². The Balaban J connectivity index is 2.29. The lowest BCUT2D eigenvalue weighted by Crippen LogP contribution is -2.36. The number of alkyl halides is 6. The van der Waals surface area contributed by atoms with E-state index < -0.39 is 30.6 Å². The Labute approximate surface area is 128 Å². The topological polar surface area (TPSA) is 0 Å². The van der Waals surface area contributed by atoms with E-state index in [0.717, 1.165) is 0 Å². The van der Waals surface area contributed by atoms with Crippen LogP contribution in [-0.4, -0.2) is 12.4 Å². The molecule has 0 saturated heterocycles. The molecule has 2 aromatic rings. The third-order valence-electron chi connectivity index (χ3n) is 4.18. The molecule has 3 rings (SSSR count). The Morgan fingerprint density at radius 3 is 1.30 bits per heavy atom. The molecule has 0 spiro atoms. The molecule has 6 heteroatoms. The van der Waals surface area contributed by atoms with E-state index >= 15 is 0 Å². The smallest absolute Gasteiger partial charge is 0.171 e. The van der Waals surface area contributed by atoms with Crippen LogP contribution in [0.3, 0.4) is 0 Å². The maximum atomic E-state index is 13.1. The fourth-order valence-electron chi connectivity index (χ4n) is 3.54. The summed E-state index contributed by atoms with van der Waals surface area (Å²) in [6.07, 6.45) is -12.5. The molecule has 0 amide bonds. The van der Waals surface area contributed by atoms with Crippen LogP contribution in [-0.2, 0) is 5.41 Å². The third kappa shape index (κ3) is 2.82. The first-order valence-electron chi connectivity index (χ1n) is 6.95. The van der Waals surface area contributed by atoms with Crippen LogP contribution in [0.5, 0.6) is 0 Å². The van der Waals surface area contributed by atoms with Crippen LogP contribution >= 0.6 is 0 Å². The molecule has 0 unspecified atom stereocenters. The van der Waals surface area contributed by atoms with Crippen molar-refractivity contribution in [1.29, 1.82) is 0 Å². The van der Waals surface area contributed by atoms with E-state index in [1.807, 2.05) is 0 Å². The highest BCUT2D eigenvalue weighted by Crippen LogP contribution is 2.57. The second kappa shape index (κ2) is 5.01. The van der Waals surface area contributed by atoms with E-state index in [0.29, 0.717) is 11.1 Å². The van der Waals surface area contributed by atoms with Crippen molar-refractivity contribution in [3.8, 4) is 11.1 Å². The molecule has 1 aliphatic rings. The summed E-state index contributed by atoms with van der Waals surface area (Å²) in [7, 11) is 0. The molecule has 0 N–H and O–H groups in total. The van der Waals surface area contributed by atoms with E-state index in [1.165, 1.54) is 24.3 Å². The minimum absolute atomic E-state index is 0.0934. The highest BCUT2D eigenvalue weighted by atomic mass is 19.4. The average Bonchev–Trinajstić information content (AvgIpc) is 2.67. The van der Waals surface area contributed by atoms with Crippen molar-refractivity contribution < 1.29 is 26.3 Å². The summed E-state index contributed by atoms with van der Waals surface area (Å²) >= 11 is 0. The lowest BCUT2D eigenvalue weighted by Gasteiger charge is -2.33. The number of hydrogen-bond donors (Lipinski definition) is 0. The Morgan fingerprint density at radius 1 is 0.609 bits per heavy atom. The highest BCUT2D eigenvalue weighted by molar-refractivity contribution is 5.81. The molecule has 1 aliphatic carbocycles. The monoisotopic (exact) mass is 330 g/mol. The summed E-state index contributed by atoms with van der Waals surface area (Å²) in [5.41, 5.74) is -1.05. The maximum absolute atomic E-state index is 13.1. The minimum Gasteiger partial charge on any atom is -0.171 e. The number of rotatable bonds is 2. The molecule has 0 nitrogen and oxygen atoms in total. The minimum atomic E-state index is -4.71. The van der Waals surface area contributed by atoms with Crippen LogP contribution in [0.15, 0.2) is 48.5 Å². The number of halogens is 6. The van der Waals surface area contributed by atoms with Gasteiger partial charge < -0.3 is 0 Å². The van der Waals surface area contributed by atoms with Crippen LogP contribution in [0.4, 0.5) is 26.3 Å². The molecule has 0 atom stereocenters. The summed E-state index contributed by atoms with van der Waals surface area (Å²) in [5, 5.41) is 0. The zero-order valence-electron chi connectivity index (χ0n) is 11.8. The van der Waals surface area contributed by atoms with E-state index in [-0.39, 0.29) is 11.1 Å². The number of fused-ring (bicyclic) bond motifs is 3. The molecule has 0 heterocycles. The molecule has 0 saturated carbocycles. The van der Waals surface area contributed by atoms with Gasteiger partial charge in [-0.3, -0.25) is 0 Å². The van der Waals surface area contributed by atoms with Gasteiger partial charge in [0.15, 0.2) is 0 Å². The van der Waals surface area contributed by atoms with Gasteiger partial charge in [-0.15, -0.1) is 0 Å². The van der Waals surface area contributed by atoms with Gasteiger partial charge >= 0.3 is 12.4 Å². The van der Waals surface area contributed by atoms with Crippen LogP contribution < -0.4 is 0 Å². The Morgan fingerprint density at radius 2 is 0.957 bits per heavy atom. The van der Waals surface area contributed by atoms with Crippen molar-refractivity contribution >= 4 is 0 Å². The van der Waals surface area contributed by atoms with Crippen molar-refractivity contribution in [2.24, 2.45) is 0 Å². The quantitative estimate of drug-likeness (QED) is 0.605. The molecule has 0 bridgehead atoms. The second-order valence-corrected chi connectivity index (χ2v) is 5.76. The standard InChI is InChI=1S/C17H12F6/c18-16(19,20)9-15(10-17(21,22)23)13-7-3-1-5-11(13)12-6-2-4-8-14(12)15/h1-8H,9-10H2. The molecule has 0 aromatic heterocycles. The average molecular weight is 330 g/mol. The van der Waals surface area contributed by atoms with Crippen LogP contribution in [0, 0.1) is 0 Å². The van der Waals surface area contributed by atoms with Gasteiger partial charge in [-0.25, -0.2) is 0 Å². The summed E-state index contributed by atoms with van der Waals surface area (Å²) in [6, 6.07) is 12.1. The summed E-state index contributed by atoms with van der Waals surface area (Å²) in [5.74, 6) is 0. The Hall–Kier alpha value is -1.98. The van der Waals surface area contributed by atoms with Gasteiger partial charge in [0, 0.05) is 5.41 Å². The van der Waals surface area contributed by atoms with Gasteiger partial charge in [0.25, 0.3) is 0 Å². The predicted molar refractivity (Wildman–Crippen MR) is 74.0 cm³/mol. The first-order valence-corrected chi connectivity index (χ1v) is 6.95. The van der Waals surface area contributed by atoms with Crippen LogP contribution in [0.25, 0.3) is 11.1 Å². The van der Waals surface area contributed by atoms with E-state index in [2.05, 4.69) is 0 Å². The third-order valence-corrected chi connectivity index (χ3v) is 4.18. The fraction of sp³-hybridized carbons (Fsp3) is 0.294. The largest absolute Gasteiger partial charge is 0.390 e. The molecule has 2 aromatic carbocycles. The second-order valence-electron chi connectivity index (χ2n) is 5.76. The molecular formula is C17H12F6. The summed E-state index contributed by atoms with van der Waals surface area (Å²) in [4.78, 5) is 0. The van der Waals surface area contributed by atoms with Crippen molar-refractivity contribution in [3.05, 3.63) is 59.7 Å². The fourth-order valence-corrected chi connectivity index (χ4v) is 3.54. The van der Waals surface area contributed by atoms with Crippen molar-refractivity contribution in [2.45, 2.75) is 30.6 Å². The molecule has 0 radical (unpaired) electrons. The van der Waals surface area contributed by atoms with Gasteiger partial charge in [-0.1, -0.05) is 48.5 Å². The SMILES string of the molecule is FC(F)(F)CC1(CC(F)(F)F)c2ccccc2-c2ccccc21. The molecule has 0 fully saturated rings. The van der Waals surface area contributed by atoms with Gasteiger partial charge in [0.1, 0.15) is 0 Å². The zero-order chi connectivity index (χ0) is 16.9. The van der Waals surface area contributed by atoms with Gasteiger partial charge in [0.05, 0.1) is 12.8 Å². The van der Waals surface area contributed by atoms with Crippen molar-refractivity contribution in [2.75, 3.05) is 0 Å². The lowest BCUT2D eigenvalue weighted by atomic mass is 9.72. The maximum Gasteiger partial charge on any atom is 0.390 e. The zero-order valence-corrected chi connectivity index (χ0v) is 11.8. The Kier molecular flexibility index (Phi) is 3.46. The van der Waals surface area contributed by atoms with Crippen molar-refractivity contribution in [1.82, 2.24) is 0 Å². The number of hydrogen-bond acceptors (Lipinski definition) is 0. The van der Waals surface area contributed by atoms with E-state index in [4.69, 9.17) is 0 Å². The van der Waals surface area contributed by atoms with Gasteiger partial charge in [-0.2, -0.15) is 26.3 Å². The molecule has 0 aliphatic heterocycles. The predicted octanol–water partition coefficient (Wildman–Crippen LogP) is 5.86. The first kappa shape index (κ1) is 15.9. The normalized spacial score (nSPS) is 16.1. The molecular weight excluding hydrogens is 318 g/mol. The molecule has 122 valence electrons. The van der Waals surface area contributed by atoms with Crippen molar-refractivity contribution in [3.63, 3.8) is 0 Å². The number of benzene rings is 2. The Bertz CT molecular complexity index is 663. The van der Waals surface area contributed by atoms with Crippen LogP contribution in [0.2, 0.25) is 0 Å². The summed E-state index contributed by atoms with van der Waals surface area (Å²) in [6.45, 7) is 0. The highest BCUT2D eigenvalue weighted by Gasteiger charge is 2.54. The van der Waals surface area contributed by atoms with E-state index in [1.54, 1.807) is 24.3 Å². The van der Waals surface area contributed by atoms with E-state index in [9.17, 15) is 26.3 Å². The molecule has 23 heavy (non-hydrogen) atoms.